The third-order valence-electron chi connectivity index (χ3n) is 3.35. The van der Waals surface area contributed by atoms with Crippen LogP contribution in [-0.2, 0) is 18.3 Å². The third-order valence-corrected chi connectivity index (χ3v) is 3.35. The molecule has 0 bridgehead atoms. The summed E-state index contributed by atoms with van der Waals surface area (Å²) >= 11 is 0. The Bertz CT molecular complexity index is 581. The maximum Gasteiger partial charge on any atom is 0.303 e. The van der Waals surface area contributed by atoms with Crippen LogP contribution in [0.2, 0.25) is 0 Å². The Labute approximate surface area is 107 Å². The molecule has 3 nitrogen and oxygen atoms in total. The minimum Gasteiger partial charge on any atom is -0.481 e. The molecule has 0 saturated carbocycles. The first-order valence-electron chi connectivity index (χ1n) is 6.29. The second kappa shape index (κ2) is 4.84. The van der Waals surface area contributed by atoms with Crippen LogP contribution in [0.25, 0.3) is 10.9 Å². The van der Waals surface area contributed by atoms with Crippen molar-refractivity contribution in [2.75, 3.05) is 0 Å². The van der Waals surface area contributed by atoms with Gasteiger partial charge in [-0.05, 0) is 23.5 Å². The van der Waals surface area contributed by atoms with Crippen LogP contribution in [0.1, 0.15) is 37.3 Å². The van der Waals surface area contributed by atoms with Crippen molar-refractivity contribution in [3.05, 3.63) is 35.5 Å². The number of carboxylic acids is 1. The van der Waals surface area contributed by atoms with Crippen LogP contribution in [0.15, 0.2) is 24.4 Å². The minimum absolute atomic E-state index is 0.186. The Hall–Kier alpha value is -1.77. The van der Waals surface area contributed by atoms with Crippen molar-refractivity contribution >= 4 is 16.9 Å². The monoisotopic (exact) mass is 245 g/mol. The summed E-state index contributed by atoms with van der Waals surface area (Å²) in [6, 6.07) is 6.29. The predicted octanol–water partition coefficient (Wildman–Crippen LogP) is 3.32. The van der Waals surface area contributed by atoms with Crippen LogP contribution in [0, 0.1) is 0 Å². The molecule has 3 heteroatoms. The van der Waals surface area contributed by atoms with Crippen LogP contribution >= 0.6 is 0 Å². The molecule has 2 rings (SSSR count). The van der Waals surface area contributed by atoms with E-state index in [9.17, 15) is 4.79 Å². The number of nitrogens with zero attached hydrogens (tertiary/aromatic N) is 1. The average Bonchev–Trinajstić information content (AvgIpc) is 2.64. The lowest BCUT2D eigenvalue weighted by atomic mass is 9.99. The van der Waals surface area contributed by atoms with Gasteiger partial charge in [-0.1, -0.05) is 32.0 Å². The van der Waals surface area contributed by atoms with Gasteiger partial charge in [0.05, 0.1) is 5.52 Å². The highest BCUT2D eigenvalue weighted by Gasteiger charge is 2.12. The summed E-state index contributed by atoms with van der Waals surface area (Å²) in [5, 5.41) is 9.97. The zero-order chi connectivity index (χ0) is 13.3. The molecule has 0 aliphatic rings. The number of hydrogen-bond acceptors (Lipinski definition) is 1. The SMILES string of the molecule is CC(C)c1cccc2c(CCC(=O)O)cn(C)c12. The molecule has 18 heavy (non-hydrogen) atoms. The fraction of sp³-hybridized carbons (Fsp3) is 0.400. The minimum atomic E-state index is -0.744. The molecule has 0 radical (unpaired) electrons. The molecule has 1 aromatic heterocycles. The molecule has 1 aromatic carbocycles. The molecule has 2 aromatic rings. The first-order valence-corrected chi connectivity index (χ1v) is 6.29. The van der Waals surface area contributed by atoms with Gasteiger partial charge in [0.2, 0.25) is 0 Å². The quantitative estimate of drug-likeness (QED) is 0.897. The zero-order valence-corrected chi connectivity index (χ0v) is 11.1. The van der Waals surface area contributed by atoms with E-state index < -0.39 is 5.97 Å². The van der Waals surface area contributed by atoms with Crippen LogP contribution in [0.5, 0.6) is 0 Å². The third kappa shape index (κ3) is 2.26. The van der Waals surface area contributed by atoms with Crippen LogP contribution in [0.3, 0.4) is 0 Å². The van der Waals surface area contributed by atoms with E-state index in [-0.39, 0.29) is 6.42 Å². The summed E-state index contributed by atoms with van der Waals surface area (Å²) in [6.07, 6.45) is 2.83. The molecule has 0 aliphatic heterocycles. The number of benzene rings is 1. The molecule has 0 aliphatic carbocycles. The maximum atomic E-state index is 10.7. The number of aryl methyl sites for hydroxylation is 2. The van der Waals surface area contributed by atoms with E-state index in [1.54, 1.807) is 0 Å². The molecule has 1 heterocycles. The van der Waals surface area contributed by atoms with E-state index in [1.165, 1.54) is 16.5 Å². The van der Waals surface area contributed by atoms with Gasteiger partial charge in [-0.25, -0.2) is 0 Å². The fourth-order valence-corrected chi connectivity index (χ4v) is 2.49. The predicted molar refractivity (Wildman–Crippen MR) is 73.0 cm³/mol. The van der Waals surface area contributed by atoms with Gasteiger partial charge in [-0.15, -0.1) is 0 Å². The summed E-state index contributed by atoms with van der Waals surface area (Å²) in [5.74, 6) is -0.276. The largest absolute Gasteiger partial charge is 0.481 e. The van der Waals surface area contributed by atoms with E-state index >= 15 is 0 Å². The molecular weight excluding hydrogens is 226 g/mol. The maximum absolute atomic E-state index is 10.7. The van der Waals surface area contributed by atoms with Gasteiger partial charge in [0.25, 0.3) is 0 Å². The Balaban J connectivity index is 2.51. The number of aromatic nitrogens is 1. The number of hydrogen-bond donors (Lipinski definition) is 1. The van der Waals surface area contributed by atoms with Crippen molar-refractivity contribution in [3.8, 4) is 0 Å². The Morgan fingerprint density at radius 3 is 2.72 bits per heavy atom. The molecule has 0 atom stereocenters. The Morgan fingerprint density at radius 2 is 2.11 bits per heavy atom. The number of carbonyl (C=O) groups is 1. The van der Waals surface area contributed by atoms with Gasteiger partial charge in [-0.2, -0.15) is 0 Å². The number of fused-ring (bicyclic) bond motifs is 1. The van der Waals surface area contributed by atoms with E-state index in [1.807, 2.05) is 7.05 Å². The lowest BCUT2D eigenvalue weighted by Gasteiger charge is -2.09. The zero-order valence-electron chi connectivity index (χ0n) is 11.1. The summed E-state index contributed by atoms with van der Waals surface area (Å²) in [6.45, 7) is 4.36. The van der Waals surface area contributed by atoms with E-state index in [4.69, 9.17) is 5.11 Å². The highest BCUT2D eigenvalue weighted by Crippen LogP contribution is 2.29. The number of aliphatic carboxylic acids is 1. The summed E-state index contributed by atoms with van der Waals surface area (Å²) in [5.41, 5.74) is 3.67. The standard InChI is InChI=1S/C15H19NO2/c1-10(2)12-5-4-6-13-11(7-8-14(17)18)9-16(3)15(12)13/h4-6,9-10H,7-8H2,1-3H3,(H,17,18). The van der Waals surface area contributed by atoms with Crippen molar-refractivity contribution < 1.29 is 9.90 Å². The Kier molecular flexibility index (Phi) is 3.41. The molecule has 96 valence electrons. The number of carboxylic acid groups (broad SMARTS) is 1. The van der Waals surface area contributed by atoms with Crippen molar-refractivity contribution in [2.24, 2.45) is 7.05 Å². The van der Waals surface area contributed by atoms with Crippen molar-refractivity contribution in [2.45, 2.75) is 32.6 Å². The molecular formula is C15H19NO2. The summed E-state index contributed by atoms with van der Waals surface area (Å²) in [7, 11) is 2.03. The van der Waals surface area contributed by atoms with E-state index in [0.29, 0.717) is 12.3 Å². The van der Waals surface area contributed by atoms with Gasteiger partial charge >= 0.3 is 5.97 Å². The van der Waals surface area contributed by atoms with Gasteiger partial charge in [-0.3, -0.25) is 4.79 Å². The number of para-hydroxylation sites is 1. The van der Waals surface area contributed by atoms with Gasteiger partial charge < -0.3 is 9.67 Å². The molecule has 0 fully saturated rings. The lowest BCUT2D eigenvalue weighted by molar-refractivity contribution is -0.136. The fourth-order valence-electron chi connectivity index (χ4n) is 2.49. The van der Waals surface area contributed by atoms with Crippen molar-refractivity contribution in [1.29, 1.82) is 0 Å². The van der Waals surface area contributed by atoms with Crippen LogP contribution in [-0.4, -0.2) is 15.6 Å². The highest BCUT2D eigenvalue weighted by molar-refractivity contribution is 5.87. The second-order valence-electron chi connectivity index (χ2n) is 5.06. The van der Waals surface area contributed by atoms with Crippen molar-refractivity contribution in [3.63, 3.8) is 0 Å². The second-order valence-corrected chi connectivity index (χ2v) is 5.06. The summed E-state index contributed by atoms with van der Waals surface area (Å²) in [4.78, 5) is 10.7. The van der Waals surface area contributed by atoms with Gasteiger partial charge in [0, 0.05) is 25.1 Å². The van der Waals surface area contributed by atoms with E-state index in [0.717, 1.165) is 5.56 Å². The van der Waals surface area contributed by atoms with Crippen LogP contribution in [0.4, 0.5) is 0 Å². The highest BCUT2D eigenvalue weighted by atomic mass is 16.4. The molecule has 0 spiro atoms. The van der Waals surface area contributed by atoms with Gasteiger partial charge in [0.15, 0.2) is 0 Å². The first-order chi connectivity index (χ1) is 8.50. The molecule has 0 unspecified atom stereocenters. The molecule has 0 saturated heterocycles. The van der Waals surface area contributed by atoms with Crippen molar-refractivity contribution in [1.82, 2.24) is 4.57 Å². The van der Waals surface area contributed by atoms with E-state index in [2.05, 4.69) is 42.8 Å². The smallest absolute Gasteiger partial charge is 0.303 e. The normalized spacial score (nSPS) is 11.3. The average molecular weight is 245 g/mol. The first kappa shape index (κ1) is 12.7. The molecule has 0 amide bonds. The van der Waals surface area contributed by atoms with Gasteiger partial charge in [0.1, 0.15) is 0 Å². The number of rotatable bonds is 4. The Morgan fingerprint density at radius 1 is 1.39 bits per heavy atom. The lowest BCUT2D eigenvalue weighted by Crippen LogP contribution is -1.96. The topological polar surface area (TPSA) is 42.2 Å². The molecule has 1 N–H and O–H groups in total. The summed E-state index contributed by atoms with van der Waals surface area (Å²) < 4.78 is 2.11. The van der Waals surface area contributed by atoms with Crippen LogP contribution < -0.4 is 0 Å².